The van der Waals surface area contributed by atoms with Gasteiger partial charge in [-0.25, -0.2) is 4.79 Å². The van der Waals surface area contributed by atoms with Gasteiger partial charge in [-0.05, 0) is 51.7 Å². The first-order valence-corrected chi connectivity index (χ1v) is 12.4. The van der Waals surface area contributed by atoms with Crippen LogP contribution in [0.3, 0.4) is 0 Å². The first-order valence-electron chi connectivity index (χ1n) is 12.4. The quantitative estimate of drug-likeness (QED) is 0.413. The maximum Gasteiger partial charge on any atom is 0.410 e. The summed E-state index contributed by atoms with van der Waals surface area (Å²) < 4.78 is 5.65. The summed E-state index contributed by atoms with van der Waals surface area (Å²) in [5.74, 6) is 0. The fraction of sp³-hybridized carbons (Fsp3) is 0.607. The van der Waals surface area contributed by atoms with Gasteiger partial charge in [-0.15, -0.1) is 0 Å². The molecule has 0 radical (unpaired) electrons. The van der Waals surface area contributed by atoms with Crippen molar-refractivity contribution in [1.29, 1.82) is 0 Å². The number of rotatable bonds is 7. The zero-order valence-electron chi connectivity index (χ0n) is 21.7. The van der Waals surface area contributed by atoms with Crippen LogP contribution >= 0.6 is 0 Å². The van der Waals surface area contributed by atoms with E-state index in [0.29, 0.717) is 19.1 Å². The number of piperazine rings is 1. The molecule has 1 aromatic rings. The van der Waals surface area contributed by atoms with E-state index in [-0.39, 0.29) is 12.1 Å². The molecule has 1 aliphatic rings. The summed E-state index contributed by atoms with van der Waals surface area (Å²) in [7, 11) is 0. The Hall–Kier alpha value is -2.07. The highest BCUT2D eigenvalue weighted by molar-refractivity contribution is 5.68. The van der Waals surface area contributed by atoms with Gasteiger partial charge in [0.25, 0.3) is 0 Å². The zero-order chi connectivity index (χ0) is 24.1. The fourth-order valence-corrected chi connectivity index (χ4v) is 4.10. The number of benzene rings is 1. The molecule has 0 spiro atoms. The molecule has 4 heteroatoms. The standard InChI is InChI=1S/C26H40N2O2.C2H6/c1-7-10-15-21(9-3)24(22-16-12-11-13-17-22)28-19-18-27(20-23(28)14-8-2)25(29)30-26(4,5)6;1-2/h9-13,15-17,23-24H,7-8,14,18-20H2,1-6H3;1-2H3/b15-10-,21-9+;. The van der Waals surface area contributed by atoms with Crippen LogP contribution in [0.1, 0.15) is 86.3 Å². The highest BCUT2D eigenvalue weighted by Crippen LogP contribution is 2.34. The molecule has 2 atom stereocenters. The van der Waals surface area contributed by atoms with Crippen LogP contribution in [-0.4, -0.2) is 47.2 Å². The molecule has 0 N–H and O–H groups in total. The van der Waals surface area contributed by atoms with Gasteiger partial charge in [0.2, 0.25) is 0 Å². The molecule has 0 saturated carbocycles. The smallest absolute Gasteiger partial charge is 0.410 e. The molecule has 0 bridgehead atoms. The average Bonchev–Trinajstić information content (AvgIpc) is 2.78. The molecule has 1 amide bonds. The van der Waals surface area contributed by atoms with E-state index in [9.17, 15) is 4.79 Å². The molecule has 2 unspecified atom stereocenters. The number of hydrogen-bond acceptors (Lipinski definition) is 3. The van der Waals surface area contributed by atoms with Gasteiger partial charge >= 0.3 is 6.09 Å². The van der Waals surface area contributed by atoms with E-state index in [4.69, 9.17) is 4.74 Å². The van der Waals surface area contributed by atoms with Gasteiger partial charge in [0.1, 0.15) is 5.60 Å². The Morgan fingerprint density at radius 1 is 1.16 bits per heavy atom. The Morgan fingerprint density at radius 3 is 2.34 bits per heavy atom. The van der Waals surface area contributed by atoms with E-state index in [2.05, 4.69) is 74.2 Å². The Labute approximate surface area is 197 Å². The molecule has 0 aliphatic carbocycles. The van der Waals surface area contributed by atoms with E-state index < -0.39 is 5.60 Å². The summed E-state index contributed by atoms with van der Waals surface area (Å²) in [5.41, 5.74) is 2.15. The largest absolute Gasteiger partial charge is 0.444 e. The first-order chi connectivity index (χ1) is 15.3. The first kappa shape index (κ1) is 28.0. The molecule has 1 saturated heterocycles. The second kappa shape index (κ2) is 14.2. The highest BCUT2D eigenvalue weighted by atomic mass is 16.6. The number of allylic oxidation sites excluding steroid dienone is 2. The van der Waals surface area contributed by atoms with E-state index in [0.717, 1.165) is 25.8 Å². The Morgan fingerprint density at radius 2 is 1.81 bits per heavy atom. The van der Waals surface area contributed by atoms with E-state index >= 15 is 0 Å². The monoisotopic (exact) mass is 442 g/mol. The fourth-order valence-electron chi connectivity index (χ4n) is 4.10. The van der Waals surface area contributed by atoms with Gasteiger partial charge in [0.05, 0.1) is 6.04 Å². The van der Waals surface area contributed by atoms with Crippen LogP contribution in [-0.2, 0) is 4.74 Å². The Kier molecular flexibility index (Phi) is 12.4. The van der Waals surface area contributed by atoms with Crippen molar-refractivity contribution < 1.29 is 9.53 Å². The lowest BCUT2D eigenvalue weighted by atomic mass is 9.92. The zero-order valence-corrected chi connectivity index (χ0v) is 21.7. The molecule has 1 heterocycles. The number of amides is 1. The summed E-state index contributed by atoms with van der Waals surface area (Å²) in [6, 6.07) is 11.2. The third-order valence-corrected chi connectivity index (χ3v) is 5.44. The van der Waals surface area contributed by atoms with Crippen molar-refractivity contribution in [1.82, 2.24) is 9.80 Å². The molecule has 1 fully saturated rings. The maximum atomic E-state index is 12.7. The minimum Gasteiger partial charge on any atom is -0.444 e. The lowest BCUT2D eigenvalue weighted by molar-refractivity contribution is -0.00314. The molecule has 0 aromatic heterocycles. The van der Waals surface area contributed by atoms with Crippen molar-refractivity contribution in [3.8, 4) is 0 Å². The van der Waals surface area contributed by atoms with Crippen molar-refractivity contribution in [2.45, 2.75) is 92.3 Å². The summed E-state index contributed by atoms with van der Waals surface area (Å²) in [4.78, 5) is 17.2. The summed E-state index contributed by atoms with van der Waals surface area (Å²) >= 11 is 0. The number of carbonyl (C=O) groups is 1. The molecule has 32 heavy (non-hydrogen) atoms. The van der Waals surface area contributed by atoms with Crippen LogP contribution in [0.25, 0.3) is 0 Å². The summed E-state index contributed by atoms with van der Waals surface area (Å²) in [5, 5.41) is 0. The van der Waals surface area contributed by atoms with Crippen LogP contribution in [0.15, 0.2) is 54.1 Å². The van der Waals surface area contributed by atoms with Crippen LogP contribution in [0.5, 0.6) is 0 Å². The molecule has 2 rings (SSSR count). The second-order valence-corrected chi connectivity index (χ2v) is 9.02. The van der Waals surface area contributed by atoms with Crippen LogP contribution in [0.2, 0.25) is 0 Å². The van der Waals surface area contributed by atoms with Gasteiger partial charge in [-0.1, -0.05) is 82.7 Å². The molecule has 4 nitrogen and oxygen atoms in total. The SMILES string of the molecule is C/C=C(\C=C/CC)C(c1ccccc1)N1CCN(C(=O)OC(C)(C)C)CC1CCC.CC. The minimum atomic E-state index is -0.468. The molecule has 1 aromatic carbocycles. The van der Waals surface area contributed by atoms with Crippen LogP contribution in [0.4, 0.5) is 4.79 Å². The predicted molar refractivity (Wildman–Crippen MR) is 137 cm³/mol. The third kappa shape index (κ3) is 8.46. The van der Waals surface area contributed by atoms with Crippen molar-refractivity contribution in [2.75, 3.05) is 19.6 Å². The number of hydrogen-bond donors (Lipinski definition) is 0. The predicted octanol–water partition coefficient (Wildman–Crippen LogP) is 7.39. The lowest BCUT2D eigenvalue weighted by Gasteiger charge is -2.46. The van der Waals surface area contributed by atoms with Gasteiger partial charge in [-0.2, -0.15) is 0 Å². The van der Waals surface area contributed by atoms with Crippen molar-refractivity contribution in [3.63, 3.8) is 0 Å². The number of carbonyl (C=O) groups excluding carboxylic acids is 1. The minimum absolute atomic E-state index is 0.191. The highest BCUT2D eigenvalue weighted by Gasteiger charge is 2.36. The topological polar surface area (TPSA) is 32.8 Å². The number of nitrogens with zero attached hydrogens (tertiary/aromatic N) is 2. The average molecular weight is 443 g/mol. The summed E-state index contributed by atoms with van der Waals surface area (Å²) in [6.45, 7) is 18.5. The molecular weight excluding hydrogens is 396 g/mol. The van der Waals surface area contributed by atoms with Crippen molar-refractivity contribution in [2.24, 2.45) is 0 Å². The van der Waals surface area contributed by atoms with Crippen LogP contribution in [0, 0.1) is 0 Å². The van der Waals surface area contributed by atoms with E-state index in [1.807, 2.05) is 39.5 Å². The maximum absolute atomic E-state index is 12.7. The molecule has 1 aliphatic heterocycles. The van der Waals surface area contributed by atoms with Crippen LogP contribution < -0.4 is 0 Å². The second-order valence-electron chi connectivity index (χ2n) is 9.02. The summed E-state index contributed by atoms with van der Waals surface area (Å²) in [6.07, 6.45) is 9.68. The van der Waals surface area contributed by atoms with Gasteiger partial charge in [-0.3, -0.25) is 4.90 Å². The number of ether oxygens (including phenoxy) is 1. The van der Waals surface area contributed by atoms with Gasteiger partial charge in [0, 0.05) is 25.7 Å². The van der Waals surface area contributed by atoms with Gasteiger partial charge < -0.3 is 9.64 Å². The van der Waals surface area contributed by atoms with E-state index in [1.54, 1.807) is 0 Å². The molecule has 180 valence electrons. The Bertz CT molecular complexity index is 719. The molecular formula is C28H46N2O2. The van der Waals surface area contributed by atoms with E-state index in [1.165, 1.54) is 11.1 Å². The Balaban J connectivity index is 0.00000249. The van der Waals surface area contributed by atoms with Crippen molar-refractivity contribution in [3.05, 3.63) is 59.7 Å². The lowest BCUT2D eigenvalue weighted by Crippen LogP contribution is -2.56. The normalized spacial score (nSPS) is 18.8. The van der Waals surface area contributed by atoms with Gasteiger partial charge in [0.15, 0.2) is 0 Å². The third-order valence-electron chi connectivity index (χ3n) is 5.44. The van der Waals surface area contributed by atoms with Crippen molar-refractivity contribution >= 4 is 6.09 Å².